The summed E-state index contributed by atoms with van der Waals surface area (Å²) in [5, 5.41) is 21.4. The lowest BCUT2D eigenvalue weighted by Crippen LogP contribution is -2.26. The molecule has 2 aromatic carbocycles. The number of benzene rings is 2. The first kappa shape index (κ1) is 17.7. The number of rotatable bonds is 3. The lowest BCUT2D eigenvalue weighted by Gasteiger charge is -2.18. The van der Waals surface area contributed by atoms with Crippen LogP contribution in [-0.2, 0) is 0 Å². The average Bonchev–Trinajstić information content (AvgIpc) is 3.22. The van der Waals surface area contributed by atoms with Crippen LogP contribution in [0, 0.1) is 18.2 Å². The monoisotopic (exact) mass is 399 g/mol. The summed E-state index contributed by atoms with van der Waals surface area (Å²) in [7, 11) is 0. The van der Waals surface area contributed by atoms with Gasteiger partial charge in [0.15, 0.2) is 0 Å². The fourth-order valence-corrected chi connectivity index (χ4v) is 3.99. The van der Waals surface area contributed by atoms with Gasteiger partial charge in [0.05, 0.1) is 22.8 Å². The van der Waals surface area contributed by atoms with Gasteiger partial charge in [-0.1, -0.05) is 41.4 Å². The van der Waals surface area contributed by atoms with Gasteiger partial charge in [-0.05, 0) is 25.1 Å². The summed E-state index contributed by atoms with van der Waals surface area (Å²) in [5.74, 6) is -0.351. The number of halogens is 2. The van der Waals surface area contributed by atoms with Crippen molar-refractivity contribution in [3.05, 3.63) is 75.0 Å². The van der Waals surface area contributed by atoms with Crippen molar-refractivity contribution in [3.63, 3.8) is 0 Å². The Balaban J connectivity index is 1.64. The van der Waals surface area contributed by atoms with Gasteiger partial charge in [-0.3, -0.25) is 5.41 Å². The molecule has 136 valence electrons. The van der Waals surface area contributed by atoms with Crippen molar-refractivity contribution in [2.24, 2.45) is 0 Å². The molecule has 0 spiro atoms. The van der Waals surface area contributed by atoms with Gasteiger partial charge in [-0.2, -0.15) is 0 Å². The van der Waals surface area contributed by atoms with Crippen molar-refractivity contribution in [1.29, 1.82) is 5.41 Å². The number of aliphatic hydroxyl groups is 1. The second-order valence-electron chi connectivity index (χ2n) is 6.26. The number of thiazole rings is 1. The van der Waals surface area contributed by atoms with Gasteiger partial charge in [0.2, 0.25) is 0 Å². The van der Waals surface area contributed by atoms with E-state index in [9.17, 15) is 9.50 Å². The molecule has 0 unspecified atom stereocenters. The van der Waals surface area contributed by atoms with Gasteiger partial charge in [0.25, 0.3) is 0 Å². The van der Waals surface area contributed by atoms with Gasteiger partial charge in [0, 0.05) is 16.6 Å². The standard InChI is InChI=1S/C20H15ClFN3OS/c1-11-2-4-12(5-3-11)16-10-27-20(24-16)18-17(26)9-25(19(18)23)13-6-7-15(22)14(21)8-13/h2-8,10,23,26H,9H2,1H3. The summed E-state index contributed by atoms with van der Waals surface area (Å²) in [4.78, 5) is 6.17. The van der Waals surface area contributed by atoms with E-state index in [4.69, 9.17) is 17.0 Å². The fraction of sp³-hybridized carbons (Fsp3) is 0.100. The maximum atomic E-state index is 13.4. The Morgan fingerprint density at radius 3 is 2.67 bits per heavy atom. The molecule has 3 aromatic rings. The molecule has 4 rings (SSSR count). The molecule has 27 heavy (non-hydrogen) atoms. The predicted molar refractivity (Wildman–Crippen MR) is 108 cm³/mol. The van der Waals surface area contributed by atoms with Gasteiger partial charge in [-0.15, -0.1) is 11.3 Å². The molecule has 4 nitrogen and oxygen atoms in total. The molecule has 1 aliphatic heterocycles. The SMILES string of the molecule is Cc1ccc(-c2csc(C3=C(O)CN(c4ccc(F)c(Cl)c4)C3=N)n2)cc1. The van der Waals surface area contributed by atoms with E-state index in [1.54, 1.807) is 4.90 Å². The van der Waals surface area contributed by atoms with Crippen molar-refractivity contribution in [2.75, 3.05) is 11.4 Å². The van der Waals surface area contributed by atoms with Crippen molar-refractivity contribution in [3.8, 4) is 11.3 Å². The second-order valence-corrected chi connectivity index (χ2v) is 7.52. The predicted octanol–water partition coefficient (Wildman–Crippen LogP) is 5.68. The quantitative estimate of drug-likeness (QED) is 0.595. The zero-order valence-electron chi connectivity index (χ0n) is 14.3. The van der Waals surface area contributed by atoms with Gasteiger partial charge < -0.3 is 10.0 Å². The summed E-state index contributed by atoms with van der Waals surface area (Å²) < 4.78 is 13.4. The van der Waals surface area contributed by atoms with Crippen LogP contribution in [0.1, 0.15) is 10.6 Å². The largest absolute Gasteiger partial charge is 0.510 e. The van der Waals surface area contributed by atoms with Crippen LogP contribution >= 0.6 is 22.9 Å². The zero-order valence-corrected chi connectivity index (χ0v) is 15.9. The zero-order chi connectivity index (χ0) is 19.1. The number of amidine groups is 1. The number of nitrogens with one attached hydrogen (secondary N) is 1. The van der Waals surface area contributed by atoms with Crippen LogP contribution in [0.5, 0.6) is 0 Å². The molecule has 0 saturated heterocycles. The highest BCUT2D eigenvalue weighted by Crippen LogP contribution is 2.35. The van der Waals surface area contributed by atoms with Gasteiger partial charge >= 0.3 is 0 Å². The maximum absolute atomic E-state index is 13.4. The first-order valence-electron chi connectivity index (χ1n) is 8.20. The number of anilines is 1. The van der Waals surface area contributed by atoms with E-state index in [2.05, 4.69) is 4.98 Å². The molecule has 2 heterocycles. The van der Waals surface area contributed by atoms with E-state index in [1.807, 2.05) is 36.6 Å². The molecule has 0 atom stereocenters. The molecule has 7 heteroatoms. The summed E-state index contributed by atoms with van der Waals surface area (Å²) in [6.07, 6.45) is 0. The fourth-order valence-electron chi connectivity index (χ4n) is 2.92. The van der Waals surface area contributed by atoms with Crippen LogP contribution in [0.3, 0.4) is 0 Å². The summed E-state index contributed by atoms with van der Waals surface area (Å²) in [6.45, 7) is 2.14. The summed E-state index contributed by atoms with van der Waals surface area (Å²) in [5.41, 5.74) is 3.88. The molecule has 1 aliphatic rings. The van der Waals surface area contributed by atoms with Crippen LogP contribution in [-0.4, -0.2) is 22.5 Å². The highest BCUT2D eigenvalue weighted by Gasteiger charge is 2.31. The van der Waals surface area contributed by atoms with Gasteiger partial charge in [-0.25, -0.2) is 9.37 Å². The van der Waals surface area contributed by atoms with E-state index >= 15 is 0 Å². The Bertz CT molecular complexity index is 1080. The Morgan fingerprint density at radius 1 is 1.22 bits per heavy atom. The maximum Gasteiger partial charge on any atom is 0.141 e. The minimum Gasteiger partial charge on any atom is -0.510 e. The second kappa shape index (κ2) is 6.79. The Labute approximate surface area is 164 Å². The number of aryl methyl sites for hydroxylation is 1. The van der Waals surface area contributed by atoms with Crippen molar-refractivity contribution in [1.82, 2.24) is 4.98 Å². The lowest BCUT2D eigenvalue weighted by atomic mass is 10.1. The first-order valence-corrected chi connectivity index (χ1v) is 9.46. The van der Waals surface area contributed by atoms with E-state index in [0.29, 0.717) is 16.3 Å². The smallest absolute Gasteiger partial charge is 0.141 e. The number of aromatic nitrogens is 1. The molecule has 1 aromatic heterocycles. The molecular formula is C20H15ClFN3OS. The highest BCUT2D eigenvalue weighted by atomic mass is 35.5. The number of hydrogen-bond donors (Lipinski definition) is 2. The van der Waals surface area contributed by atoms with E-state index < -0.39 is 5.82 Å². The minimum absolute atomic E-state index is 0.0239. The Hall–Kier alpha value is -2.70. The lowest BCUT2D eigenvalue weighted by molar-refractivity contribution is 0.411. The van der Waals surface area contributed by atoms with E-state index in [-0.39, 0.29) is 23.2 Å². The Kier molecular flexibility index (Phi) is 4.45. The number of nitrogens with zero attached hydrogens (tertiary/aromatic N) is 2. The Morgan fingerprint density at radius 2 is 1.96 bits per heavy atom. The number of aliphatic hydroxyl groups excluding tert-OH is 1. The van der Waals surface area contributed by atoms with E-state index in [1.165, 1.54) is 35.1 Å². The molecule has 0 fully saturated rings. The molecule has 0 saturated carbocycles. The first-order chi connectivity index (χ1) is 12.9. The molecule has 0 amide bonds. The minimum atomic E-state index is -0.522. The normalized spacial score (nSPS) is 14.3. The summed E-state index contributed by atoms with van der Waals surface area (Å²) >= 11 is 7.23. The third-order valence-electron chi connectivity index (χ3n) is 4.38. The van der Waals surface area contributed by atoms with Crippen molar-refractivity contribution in [2.45, 2.75) is 6.92 Å². The van der Waals surface area contributed by atoms with Crippen LogP contribution in [0.4, 0.5) is 10.1 Å². The van der Waals surface area contributed by atoms with Crippen LogP contribution < -0.4 is 4.90 Å². The number of hydrogen-bond acceptors (Lipinski definition) is 4. The van der Waals surface area contributed by atoms with Crippen molar-refractivity contribution >= 4 is 40.0 Å². The topological polar surface area (TPSA) is 60.2 Å². The molecule has 0 radical (unpaired) electrons. The highest BCUT2D eigenvalue weighted by molar-refractivity contribution is 7.11. The van der Waals surface area contributed by atoms with Crippen LogP contribution in [0.2, 0.25) is 5.02 Å². The molecule has 2 N–H and O–H groups in total. The van der Waals surface area contributed by atoms with Crippen molar-refractivity contribution < 1.29 is 9.50 Å². The molecule has 0 aliphatic carbocycles. The summed E-state index contributed by atoms with van der Waals surface area (Å²) in [6, 6.07) is 12.3. The average molecular weight is 400 g/mol. The molecular weight excluding hydrogens is 385 g/mol. The van der Waals surface area contributed by atoms with E-state index in [0.717, 1.165) is 11.3 Å². The molecule has 0 bridgehead atoms. The third-order valence-corrected chi connectivity index (χ3v) is 5.53. The van der Waals surface area contributed by atoms with Crippen LogP contribution in [0.15, 0.2) is 53.6 Å². The van der Waals surface area contributed by atoms with Gasteiger partial charge in [0.1, 0.15) is 22.4 Å². The third kappa shape index (κ3) is 3.22. The van der Waals surface area contributed by atoms with Crippen LogP contribution in [0.25, 0.3) is 16.8 Å².